The Bertz CT molecular complexity index is 500. The van der Waals surface area contributed by atoms with Crippen molar-refractivity contribution in [3.8, 4) is 0 Å². The Labute approximate surface area is 125 Å². The van der Waals surface area contributed by atoms with Crippen LogP contribution in [0.3, 0.4) is 0 Å². The molecular formula is C15H23N3OS. The van der Waals surface area contributed by atoms with Crippen LogP contribution in [0.1, 0.15) is 32.3 Å². The topological polar surface area (TPSA) is 61.8 Å². The van der Waals surface area contributed by atoms with E-state index >= 15 is 0 Å². The van der Waals surface area contributed by atoms with Gasteiger partial charge in [0.15, 0.2) is 5.84 Å². The fraction of sp³-hybridized carbons (Fsp3) is 0.533. The Balaban J connectivity index is 2.42. The number of amidine groups is 1. The van der Waals surface area contributed by atoms with Crippen LogP contribution >= 0.6 is 11.8 Å². The van der Waals surface area contributed by atoms with Crippen LogP contribution in [0.2, 0.25) is 0 Å². The monoisotopic (exact) mass is 293 g/mol. The molecular weight excluding hydrogens is 270 g/mol. The maximum absolute atomic E-state index is 9.08. The largest absolute Gasteiger partial charge is 0.409 e. The lowest BCUT2D eigenvalue weighted by molar-refractivity contribution is 0.318. The Morgan fingerprint density at radius 1 is 1.55 bits per heavy atom. The lowest BCUT2D eigenvalue weighted by Gasteiger charge is -2.29. The summed E-state index contributed by atoms with van der Waals surface area (Å²) in [5, 5.41) is 12.3. The molecule has 1 aromatic carbocycles. The molecule has 2 rings (SSSR count). The van der Waals surface area contributed by atoms with Crippen LogP contribution in [0.4, 0.5) is 5.69 Å². The highest BCUT2D eigenvalue weighted by atomic mass is 32.2. The van der Waals surface area contributed by atoms with Crippen molar-refractivity contribution >= 4 is 23.3 Å². The standard InChI is InChI=1S/C15H23N3OS/c1-4-20-13-7-5-6-12(14(13)15(16)17-19)18(3)10(2)11-8-9-11/h5-7,10-11,19H,4,8-9H2,1-3H3,(H2,16,17). The predicted octanol–water partition coefficient (Wildman–Crippen LogP) is 3.13. The van der Waals surface area contributed by atoms with Gasteiger partial charge < -0.3 is 15.8 Å². The smallest absolute Gasteiger partial charge is 0.173 e. The molecule has 0 radical (unpaired) electrons. The number of thioether (sulfide) groups is 1. The van der Waals surface area contributed by atoms with E-state index in [1.54, 1.807) is 11.8 Å². The molecule has 110 valence electrons. The number of hydrogen-bond acceptors (Lipinski definition) is 4. The fourth-order valence-electron chi connectivity index (χ4n) is 2.51. The zero-order valence-electron chi connectivity index (χ0n) is 12.3. The normalized spacial score (nSPS) is 17.1. The van der Waals surface area contributed by atoms with Crippen molar-refractivity contribution in [1.82, 2.24) is 0 Å². The summed E-state index contributed by atoms with van der Waals surface area (Å²) in [6.07, 6.45) is 2.60. The van der Waals surface area contributed by atoms with Gasteiger partial charge in [0.2, 0.25) is 0 Å². The quantitative estimate of drug-likeness (QED) is 0.278. The number of nitrogens with zero attached hydrogens (tertiary/aromatic N) is 2. The van der Waals surface area contributed by atoms with Crippen LogP contribution in [0.15, 0.2) is 28.3 Å². The van der Waals surface area contributed by atoms with Gasteiger partial charge in [-0.1, -0.05) is 18.1 Å². The van der Waals surface area contributed by atoms with E-state index in [2.05, 4.69) is 31.0 Å². The third-order valence-electron chi connectivity index (χ3n) is 3.96. The van der Waals surface area contributed by atoms with Gasteiger partial charge in [-0.2, -0.15) is 0 Å². The van der Waals surface area contributed by atoms with Crippen molar-refractivity contribution in [3.05, 3.63) is 23.8 Å². The first-order valence-corrected chi connectivity index (χ1v) is 8.05. The second kappa shape index (κ2) is 6.39. The first kappa shape index (κ1) is 15.0. The molecule has 0 heterocycles. The van der Waals surface area contributed by atoms with Crippen LogP contribution in [0, 0.1) is 5.92 Å². The highest BCUT2D eigenvalue weighted by molar-refractivity contribution is 7.99. The summed E-state index contributed by atoms with van der Waals surface area (Å²) in [6, 6.07) is 6.59. The van der Waals surface area contributed by atoms with Crippen molar-refractivity contribution in [2.45, 2.75) is 37.6 Å². The molecule has 1 saturated carbocycles. The first-order valence-electron chi connectivity index (χ1n) is 7.06. The van der Waals surface area contributed by atoms with Gasteiger partial charge in [0, 0.05) is 23.7 Å². The highest BCUT2D eigenvalue weighted by Gasteiger charge is 2.31. The molecule has 1 aromatic rings. The summed E-state index contributed by atoms with van der Waals surface area (Å²) in [5.41, 5.74) is 7.80. The van der Waals surface area contributed by atoms with Crippen LogP contribution in [-0.4, -0.2) is 29.9 Å². The molecule has 0 bridgehead atoms. The number of benzene rings is 1. The van der Waals surface area contributed by atoms with E-state index in [4.69, 9.17) is 10.9 Å². The average Bonchev–Trinajstić information content (AvgIpc) is 3.29. The number of anilines is 1. The van der Waals surface area contributed by atoms with Crippen LogP contribution in [0.5, 0.6) is 0 Å². The van der Waals surface area contributed by atoms with Crippen molar-refractivity contribution in [2.75, 3.05) is 17.7 Å². The maximum Gasteiger partial charge on any atom is 0.173 e. The molecule has 0 aromatic heterocycles. The minimum absolute atomic E-state index is 0.186. The van der Waals surface area contributed by atoms with Gasteiger partial charge in [-0.25, -0.2) is 0 Å². The summed E-state index contributed by atoms with van der Waals surface area (Å²) in [4.78, 5) is 3.32. The van der Waals surface area contributed by atoms with Gasteiger partial charge in [0.05, 0.1) is 5.56 Å². The Morgan fingerprint density at radius 3 is 2.80 bits per heavy atom. The predicted molar refractivity (Wildman–Crippen MR) is 85.9 cm³/mol. The van der Waals surface area contributed by atoms with E-state index in [0.29, 0.717) is 6.04 Å². The molecule has 0 aliphatic heterocycles. The molecule has 1 fully saturated rings. The molecule has 1 atom stereocenters. The zero-order chi connectivity index (χ0) is 14.7. The third kappa shape index (κ3) is 3.03. The summed E-state index contributed by atoms with van der Waals surface area (Å²) >= 11 is 1.71. The van der Waals surface area contributed by atoms with Crippen molar-refractivity contribution in [2.24, 2.45) is 16.8 Å². The molecule has 4 nitrogen and oxygen atoms in total. The lowest BCUT2D eigenvalue weighted by Crippen LogP contribution is -2.33. The minimum atomic E-state index is 0.186. The SMILES string of the molecule is CCSc1cccc(N(C)C(C)C2CC2)c1/C(N)=N/O. The second-order valence-electron chi connectivity index (χ2n) is 5.26. The summed E-state index contributed by atoms with van der Waals surface area (Å²) < 4.78 is 0. The highest BCUT2D eigenvalue weighted by Crippen LogP contribution is 2.38. The van der Waals surface area contributed by atoms with Gasteiger partial charge in [0.25, 0.3) is 0 Å². The molecule has 0 saturated heterocycles. The molecule has 3 N–H and O–H groups in total. The van der Waals surface area contributed by atoms with E-state index in [9.17, 15) is 0 Å². The molecule has 1 aliphatic carbocycles. The van der Waals surface area contributed by atoms with E-state index in [0.717, 1.165) is 27.8 Å². The van der Waals surface area contributed by atoms with Crippen molar-refractivity contribution < 1.29 is 5.21 Å². The summed E-state index contributed by atoms with van der Waals surface area (Å²) in [6.45, 7) is 4.34. The fourth-order valence-corrected chi connectivity index (χ4v) is 3.35. The maximum atomic E-state index is 9.08. The van der Waals surface area contributed by atoms with Gasteiger partial charge in [-0.05, 0) is 43.6 Å². The number of hydrogen-bond donors (Lipinski definition) is 2. The Kier molecular flexibility index (Phi) is 4.81. The molecule has 20 heavy (non-hydrogen) atoms. The van der Waals surface area contributed by atoms with E-state index in [1.165, 1.54) is 12.8 Å². The third-order valence-corrected chi connectivity index (χ3v) is 4.90. The molecule has 0 spiro atoms. The summed E-state index contributed by atoms with van der Waals surface area (Å²) in [5.74, 6) is 1.91. The van der Waals surface area contributed by atoms with Crippen LogP contribution < -0.4 is 10.6 Å². The molecule has 1 unspecified atom stereocenters. The van der Waals surface area contributed by atoms with Gasteiger partial charge in [-0.15, -0.1) is 11.8 Å². The Hall–Kier alpha value is -1.36. The van der Waals surface area contributed by atoms with Crippen molar-refractivity contribution in [1.29, 1.82) is 0 Å². The Morgan fingerprint density at radius 2 is 2.25 bits per heavy atom. The summed E-state index contributed by atoms with van der Waals surface area (Å²) in [7, 11) is 2.09. The molecule has 1 aliphatic rings. The minimum Gasteiger partial charge on any atom is -0.409 e. The van der Waals surface area contributed by atoms with E-state index in [-0.39, 0.29) is 5.84 Å². The first-order chi connectivity index (χ1) is 9.60. The van der Waals surface area contributed by atoms with Gasteiger partial charge in [0.1, 0.15) is 0 Å². The lowest BCUT2D eigenvalue weighted by atomic mass is 10.1. The average molecular weight is 293 g/mol. The van der Waals surface area contributed by atoms with E-state index in [1.807, 2.05) is 18.2 Å². The zero-order valence-corrected chi connectivity index (χ0v) is 13.2. The molecule has 5 heteroatoms. The van der Waals surface area contributed by atoms with Crippen molar-refractivity contribution in [3.63, 3.8) is 0 Å². The molecule has 0 amide bonds. The number of rotatable bonds is 6. The second-order valence-corrected chi connectivity index (χ2v) is 6.56. The van der Waals surface area contributed by atoms with Crippen LogP contribution in [-0.2, 0) is 0 Å². The van der Waals surface area contributed by atoms with E-state index < -0.39 is 0 Å². The van der Waals surface area contributed by atoms with Gasteiger partial charge >= 0.3 is 0 Å². The number of nitrogens with two attached hydrogens (primary N) is 1. The number of oxime groups is 1. The van der Waals surface area contributed by atoms with Crippen LogP contribution in [0.25, 0.3) is 0 Å². The van der Waals surface area contributed by atoms with Gasteiger partial charge in [-0.3, -0.25) is 0 Å².